The molecule has 0 saturated heterocycles. The van der Waals surface area contributed by atoms with Crippen molar-refractivity contribution < 1.29 is 5.11 Å². The van der Waals surface area contributed by atoms with Gasteiger partial charge in [0.05, 0.1) is 11.6 Å². The zero-order valence-corrected chi connectivity index (χ0v) is 9.07. The molecule has 0 atom stereocenters. The van der Waals surface area contributed by atoms with Crippen molar-refractivity contribution in [2.24, 2.45) is 0 Å². The Hall–Kier alpha value is -1.98. The predicted molar refractivity (Wildman–Crippen MR) is 63.3 cm³/mol. The van der Waals surface area contributed by atoms with Crippen molar-refractivity contribution in [3.63, 3.8) is 0 Å². The molecule has 0 aliphatic rings. The van der Waals surface area contributed by atoms with Gasteiger partial charge in [0.25, 0.3) is 0 Å². The summed E-state index contributed by atoms with van der Waals surface area (Å²) in [5.41, 5.74) is 2.23. The maximum absolute atomic E-state index is 9.43. The van der Waals surface area contributed by atoms with E-state index in [1.54, 1.807) is 30.3 Å². The number of benzene rings is 2. The Morgan fingerprint density at radius 1 is 1.06 bits per heavy atom. The van der Waals surface area contributed by atoms with E-state index in [0.29, 0.717) is 10.6 Å². The van der Waals surface area contributed by atoms with Gasteiger partial charge in [0.15, 0.2) is 0 Å². The molecule has 1 N–H and O–H groups in total. The average molecular weight is 230 g/mol. The summed E-state index contributed by atoms with van der Waals surface area (Å²) in [5, 5.41) is 18.7. The van der Waals surface area contributed by atoms with E-state index in [9.17, 15) is 5.11 Å². The second-order valence-corrected chi connectivity index (χ2v) is 3.83. The fourth-order valence-electron chi connectivity index (χ4n) is 1.51. The molecule has 0 aliphatic carbocycles. The molecule has 2 nitrogen and oxygen atoms in total. The summed E-state index contributed by atoms with van der Waals surface area (Å²) < 4.78 is 0. The van der Waals surface area contributed by atoms with Crippen molar-refractivity contribution in [1.29, 1.82) is 5.26 Å². The van der Waals surface area contributed by atoms with E-state index in [1.807, 2.05) is 6.07 Å². The van der Waals surface area contributed by atoms with E-state index in [1.165, 1.54) is 6.07 Å². The van der Waals surface area contributed by atoms with Crippen molar-refractivity contribution in [2.45, 2.75) is 0 Å². The third-order valence-corrected chi connectivity index (χ3v) is 2.43. The second kappa shape index (κ2) is 4.26. The van der Waals surface area contributed by atoms with E-state index in [2.05, 4.69) is 6.07 Å². The molecule has 3 heteroatoms. The van der Waals surface area contributed by atoms with Gasteiger partial charge in [-0.05, 0) is 41.5 Å². The summed E-state index contributed by atoms with van der Waals surface area (Å²) in [6.45, 7) is 0. The first-order valence-electron chi connectivity index (χ1n) is 4.69. The zero-order valence-electron chi connectivity index (χ0n) is 8.31. The van der Waals surface area contributed by atoms with E-state index < -0.39 is 0 Å². The number of halogens is 1. The molecule has 0 bridgehead atoms. The second-order valence-electron chi connectivity index (χ2n) is 3.39. The fraction of sp³-hybridized carbons (Fsp3) is 0. The van der Waals surface area contributed by atoms with Gasteiger partial charge in [-0.25, -0.2) is 0 Å². The van der Waals surface area contributed by atoms with Gasteiger partial charge in [0.2, 0.25) is 0 Å². The van der Waals surface area contributed by atoms with E-state index >= 15 is 0 Å². The van der Waals surface area contributed by atoms with Crippen molar-refractivity contribution in [3.8, 4) is 22.9 Å². The summed E-state index contributed by atoms with van der Waals surface area (Å²) in [4.78, 5) is 0. The normalized spacial score (nSPS) is 9.75. The molecule has 2 rings (SSSR count). The molecule has 0 heterocycles. The number of nitriles is 1. The van der Waals surface area contributed by atoms with Gasteiger partial charge >= 0.3 is 0 Å². The molecule has 2 aromatic rings. The van der Waals surface area contributed by atoms with Crippen LogP contribution in [0, 0.1) is 11.3 Å². The minimum absolute atomic E-state index is 0.116. The topological polar surface area (TPSA) is 44.0 Å². The summed E-state index contributed by atoms with van der Waals surface area (Å²) >= 11 is 5.85. The minimum atomic E-state index is 0.116. The first kappa shape index (κ1) is 10.5. The van der Waals surface area contributed by atoms with Crippen LogP contribution in [0.3, 0.4) is 0 Å². The molecule has 16 heavy (non-hydrogen) atoms. The maximum Gasteiger partial charge on any atom is 0.117 e. The first-order valence-corrected chi connectivity index (χ1v) is 5.07. The highest BCUT2D eigenvalue weighted by atomic mass is 35.5. The Morgan fingerprint density at radius 2 is 1.88 bits per heavy atom. The lowest BCUT2D eigenvalue weighted by Gasteiger charge is -2.03. The number of nitrogens with zero attached hydrogens (tertiary/aromatic N) is 1. The van der Waals surface area contributed by atoms with E-state index in [-0.39, 0.29) is 5.75 Å². The summed E-state index contributed by atoms with van der Waals surface area (Å²) in [6.07, 6.45) is 0. The smallest absolute Gasteiger partial charge is 0.117 e. The van der Waals surface area contributed by atoms with Crippen molar-refractivity contribution >= 4 is 11.6 Å². The Morgan fingerprint density at radius 3 is 2.56 bits per heavy atom. The van der Waals surface area contributed by atoms with Gasteiger partial charge in [0.1, 0.15) is 5.75 Å². The average Bonchev–Trinajstić information content (AvgIpc) is 2.28. The molecule has 0 aromatic heterocycles. The van der Waals surface area contributed by atoms with Crippen molar-refractivity contribution in [1.82, 2.24) is 0 Å². The zero-order chi connectivity index (χ0) is 11.5. The lowest BCUT2D eigenvalue weighted by atomic mass is 10.0. The molecule has 0 radical (unpaired) electrons. The molecular formula is C13H8ClNO. The highest BCUT2D eigenvalue weighted by Gasteiger charge is 2.02. The molecule has 78 valence electrons. The van der Waals surface area contributed by atoms with Crippen LogP contribution in [0.25, 0.3) is 11.1 Å². The number of phenolic OH excluding ortho intramolecular Hbond substituents is 1. The minimum Gasteiger partial charge on any atom is -0.508 e. The lowest BCUT2D eigenvalue weighted by Crippen LogP contribution is -1.80. The summed E-state index contributed by atoms with van der Waals surface area (Å²) in [7, 11) is 0. The standard InChI is InChI=1S/C13H8ClNO/c14-12-5-11(6-13(16)7-12)10-3-1-2-9(4-10)8-15/h1-7,16H. The quantitative estimate of drug-likeness (QED) is 0.812. The van der Waals surface area contributed by atoms with Gasteiger partial charge in [-0.1, -0.05) is 23.7 Å². The third-order valence-electron chi connectivity index (χ3n) is 2.21. The molecule has 2 aromatic carbocycles. The van der Waals surface area contributed by atoms with Gasteiger partial charge in [-0.15, -0.1) is 0 Å². The van der Waals surface area contributed by atoms with Crippen LogP contribution < -0.4 is 0 Å². The van der Waals surface area contributed by atoms with Crippen LogP contribution in [-0.4, -0.2) is 5.11 Å². The van der Waals surface area contributed by atoms with Crippen LogP contribution >= 0.6 is 11.6 Å². The predicted octanol–water partition coefficient (Wildman–Crippen LogP) is 3.58. The van der Waals surface area contributed by atoms with Gasteiger partial charge < -0.3 is 5.11 Å². The number of hydrogen-bond acceptors (Lipinski definition) is 2. The Labute approximate surface area is 98.3 Å². The first-order chi connectivity index (χ1) is 7.69. The number of phenols is 1. The Kier molecular flexibility index (Phi) is 2.80. The highest BCUT2D eigenvalue weighted by Crippen LogP contribution is 2.28. The summed E-state index contributed by atoms with van der Waals surface area (Å²) in [5.74, 6) is 0.116. The van der Waals surface area contributed by atoms with Crippen LogP contribution in [-0.2, 0) is 0 Å². The number of hydrogen-bond donors (Lipinski definition) is 1. The van der Waals surface area contributed by atoms with Crippen molar-refractivity contribution in [3.05, 3.63) is 53.1 Å². The molecule has 0 aliphatic heterocycles. The third kappa shape index (κ3) is 2.16. The lowest BCUT2D eigenvalue weighted by molar-refractivity contribution is 0.475. The largest absolute Gasteiger partial charge is 0.508 e. The molecule has 0 saturated carbocycles. The Bertz CT molecular complexity index is 552. The van der Waals surface area contributed by atoms with Crippen LogP contribution in [0.4, 0.5) is 0 Å². The maximum atomic E-state index is 9.43. The van der Waals surface area contributed by atoms with E-state index in [0.717, 1.165) is 11.1 Å². The van der Waals surface area contributed by atoms with Gasteiger partial charge in [-0.2, -0.15) is 5.26 Å². The molecule has 0 amide bonds. The number of rotatable bonds is 1. The monoisotopic (exact) mass is 229 g/mol. The van der Waals surface area contributed by atoms with E-state index in [4.69, 9.17) is 16.9 Å². The molecule has 0 fully saturated rings. The van der Waals surface area contributed by atoms with Crippen LogP contribution in [0.15, 0.2) is 42.5 Å². The van der Waals surface area contributed by atoms with Crippen molar-refractivity contribution in [2.75, 3.05) is 0 Å². The van der Waals surface area contributed by atoms with Gasteiger partial charge in [-0.3, -0.25) is 0 Å². The molecule has 0 spiro atoms. The highest BCUT2D eigenvalue weighted by molar-refractivity contribution is 6.31. The van der Waals surface area contributed by atoms with Crippen LogP contribution in [0.1, 0.15) is 5.56 Å². The van der Waals surface area contributed by atoms with Crippen LogP contribution in [0.5, 0.6) is 5.75 Å². The number of aromatic hydroxyl groups is 1. The molecular weight excluding hydrogens is 222 g/mol. The SMILES string of the molecule is N#Cc1cccc(-c2cc(O)cc(Cl)c2)c1. The Balaban J connectivity index is 2.54. The fourth-order valence-corrected chi connectivity index (χ4v) is 1.74. The summed E-state index contributed by atoms with van der Waals surface area (Å²) in [6, 6.07) is 14.1. The van der Waals surface area contributed by atoms with Gasteiger partial charge in [0, 0.05) is 5.02 Å². The molecule has 0 unspecified atom stereocenters. The van der Waals surface area contributed by atoms with Crippen LogP contribution in [0.2, 0.25) is 5.02 Å².